The van der Waals surface area contributed by atoms with Crippen LogP contribution in [0.5, 0.6) is 5.75 Å². The molecule has 2 unspecified atom stereocenters. The van der Waals surface area contributed by atoms with E-state index in [1.165, 1.54) is 5.56 Å². The number of hydrogen-bond donors (Lipinski definition) is 3. The Morgan fingerprint density at radius 1 is 1.29 bits per heavy atom. The normalized spacial score (nSPS) is 19.1. The zero-order valence-corrected chi connectivity index (χ0v) is 16.3. The highest BCUT2D eigenvalue weighted by Gasteiger charge is 2.30. The number of nitrogens with zero attached hydrogens (tertiary/aromatic N) is 2. The van der Waals surface area contributed by atoms with Gasteiger partial charge in [0.1, 0.15) is 11.8 Å². The van der Waals surface area contributed by atoms with Crippen LogP contribution in [0.25, 0.3) is 10.9 Å². The molecule has 1 saturated heterocycles. The van der Waals surface area contributed by atoms with Crippen molar-refractivity contribution in [1.29, 1.82) is 0 Å². The molecule has 1 fully saturated rings. The summed E-state index contributed by atoms with van der Waals surface area (Å²) in [5, 5.41) is 8.66. The molecule has 2 heterocycles. The fraction of sp³-hybridized carbons (Fsp3) is 0.333. The third kappa shape index (κ3) is 3.58. The molecular weight excluding hydrogens is 354 g/mol. The molecule has 1 amide bonds. The van der Waals surface area contributed by atoms with Gasteiger partial charge in [0.15, 0.2) is 0 Å². The Morgan fingerprint density at radius 2 is 2.14 bits per heavy atom. The van der Waals surface area contributed by atoms with Gasteiger partial charge in [-0.3, -0.25) is 9.48 Å². The largest absolute Gasteiger partial charge is 0.497 e. The molecule has 0 aliphatic carbocycles. The topological polar surface area (TPSA) is 80.2 Å². The van der Waals surface area contributed by atoms with Gasteiger partial charge in [-0.2, -0.15) is 5.10 Å². The van der Waals surface area contributed by atoms with E-state index >= 15 is 0 Å². The summed E-state index contributed by atoms with van der Waals surface area (Å²) < 4.78 is 7.14. The van der Waals surface area contributed by atoms with Crippen molar-refractivity contribution in [2.24, 2.45) is 7.05 Å². The Labute approximate surface area is 164 Å². The second-order valence-electron chi connectivity index (χ2n) is 7.21. The second-order valence-corrected chi connectivity index (χ2v) is 7.21. The molecule has 4 rings (SSSR count). The molecule has 28 heavy (non-hydrogen) atoms. The summed E-state index contributed by atoms with van der Waals surface area (Å²) in [7, 11) is 3.57. The number of methoxy groups -OCH3 is 1. The minimum atomic E-state index is -0.298. The third-order valence-corrected chi connectivity index (χ3v) is 5.23. The van der Waals surface area contributed by atoms with E-state index in [0.717, 1.165) is 27.9 Å². The van der Waals surface area contributed by atoms with Crippen LogP contribution < -0.4 is 20.9 Å². The van der Waals surface area contributed by atoms with E-state index in [-0.39, 0.29) is 18.0 Å². The summed E-state index contributed by atoms with van der Waals surface area (Å²) in [5.74, 6) is 0.772. The average molecular weight is 379 g/mol. The fourth-order valence-electron chi connectivity index (χ4n) is 3.68. The van der Waals surface area contributed by atoms with E-state index in [1.807, 2.05) is 36.0 Å². The third-order valence-electron chi connectivity index (χ3n) is 5.23. The molecule has 146 valence electrons. The van der Waals surface area contributed by atoms with Crippen LogP contribution in [0.3, 0.4) is 0 Å². The predicted octanol–water partition coefficient (Wildman–Crippen LogP) is 2.11. The van der Waals surface area contributed by atoms with E-state index in [2.05, 4.69) is 46.4 Å². The number of amides is 1. The summed E-state index contributed by atoms with van der Waals surface area (Å²) in [5.41, 5.74) is 10.5. The molecule has 0 radical (unpaired) electrons. The Morgan fingerprint density at radius 3 is 2.96 bits per heavy atom. The second kappa shape index (κ2) is 7.61. The Bertz CT molecular complexity index is 1010. The Balaban J connectivity index is 1.40. The first kappa shape index (κ1) is 18.5. The van der Waals surface area contributed by atoms with E-state index < -0.39 is 0 Å². The molecule has 7 heteroatoms. The molecule has 0 saturated carbocycles. The zero-order chi connectivity index (χ0) is 19.7. The van der Waals surface area contributed by atoms with E-state index in [1.54, 1.807) is 7.11 Å². The van der Waals surface area contributed by atoms with Crippen LogP contribution in [0.1, 0.15) is 29.3 Å². The van der Waals surface area contributed by atoms with Crippen molar-refractivity contribution in [1.82, 2.24) is 25.9 Å². The van der Waals surface area contributed by atoms with E-state index in [0.29, 0.717) is 13.0 Å². The standard InChI is InChI=1S/C21H25N5O2/c1-13-7-8-20-16(9-13)19(25-26(20)2)12-22-21(27)18-11-17(23-24-18)14-5-4-6-15(10-14)28-3/h4-10,17-18,23-24H,11-12H2,1-3H3,(H,22,27). The van der Waals surface area contributed by atoms with Crippen molar-refractivity contribution in [3.05, 3.63) is 59.3 Å². The number of aromatic nitrogens is 2. The molecule has 1 aliphatic rings. The van der Waals surface area contributed by atoms with Gasteiger partial charge in [0.25, 0.3) is 0 Å². The molecule has 1 aromatic heterocycles. The van der Waals surface area contributed by atoms with Crippen molar-refractivity contribution >= 4 is 16.8 Å². The van der Waals surface area contributed by atoms with Gasteiger partial charge in [-0.25, -0.2) is 10.9 Å². The number of hydrogen-bond acceptors (Lipinski definition) is 5. The highest BCUT2D eigenvalue weighted by atomic mass is 16.5. The molecule has 0 spiro atoms. The summed E-state index contributed by atoms with van der Waals surface area (Å²) >= 11 is 0. The number of aryl methyl sites for hydroxylation is 2. The number of rotatable bonds is 5. The molecule has 7 nitrogen and oxygen atoms in total. The van der Waals surface area contributed by atoms with Crippen molar-refractivity contribution in [3.63, 3.8) is 0 Å². The number of carbonyl (C=O) groups is 1. The van der Waals surface area contributed by atoms with E-state index in [9.17, 15) is 4.79 Å². The summed E-state index contributed by atoms with van der Waals surface area (Å²) in [6.07, 6.45) is 0.668. The van der Waals surface area contributed by atoms with Gasteiger partial charge in [-0.05, 0) is 43.2 Å². The van der Waals surface area contributed by atoms with Gasteiger partial charge >= 0.3 is 0 Å². The maximum atomic E-state index is 12.7. The van der Waals surface area contributed by atoms with Crippen LogP contribution in [0.15, 0.2) is 42.5 Å². The lowest BCUT2D eigenvalue weighted by molar-refractivity contribution is -0.123. The SMILES string of the molecule is COc1cccc(C2CC(C(=O)NCc3nn(C)c4ccc(C)cc34)NN2)c1. The van der Waals surface area contributed by atoms with Crippen molar-refractivity contribution in [2.75, 3.05) is 7.11 Å². The molecular formula is C21H25N5O2. The molecule has 0 bridgehead atoms. The fourth-order valence-corrected chi connectivity index (χ4v) is 3.68. The average Bonchev–Trinajstić information content (AvgIpc) is 3.31. The van der Waals surface area contributed by atoms with Gasteiger partial charge in [-0.1, -0.05) is 23.8 Å². The predicted molar refractivity (Wildman–Crippen MR) is 108 cm³/mol. The maximum Gasteiger partial charge on any atom is 0.238 e. The van der Waals surface area contributed by atoms with Crippen molar-refractivity contribution in [3.8, 4) is 5.75 Å². The number of benzene rings is 2. The molecule has 2 atom stereocenters. The quantitative estimate of drug-likeness (QED) is 0.633. The number of carbonyl (C=O) groups excluding carboxylic acids is 1. The Kier molecular flexibility index (Phi) is 5.02. The highest BCUT2D eigenvalue weighted by Crippen LogP contribution is 2.25. The van der Waals surface area contributed by atoms with Crippen molar-refractivity contribution in [2.45, 2.75) is 32.0 Å². The zero-order valence-electron chi connectivity index (χ0n) is 16.3. The van der Waals surface area contributed by atoms with Crippen LogP contribution in [-0.4, -0.2) is 28.8 Å². The van der Waals surface area contributed by atoms with Crippen LogP contribution >= 0.6 is 0 Å². The maximum absolute atomic E-state index is 12.7. The first-order valence-electron chi connectivity index (χ1n) is 9.40. The van der Waals surface area contributed by atoms with Crippen LogP contribution in [0, 0.1) is 6.92 Å². The monoisotopic (exact) mass is 379 g/mol. The van der Waals surface area contributed by atoms with Gasteiger partial charge in [0.2, 0.25) is 5.91 Å². The summed E-state index contributed by atoms with van der Waals surface area (Å²) in [4.78, 5) is 12.7. The van der Waals surface area contributed by atoms with Crippen LogP contribution in [0.2, 0.25) is 0 Å². The first-order chi connectivity index (χ1) is 13.5. The van der Waals surface area contributed by atoms with Gasteiger partial charge < -0.3 is 10.1 Å². The summed E-state index contributed by atoms with van der Waals surface area (Å²) in [6, 6.07) is 13.9. The lowest BCUT2D eigenvalue weighted by Crippen LogP contribution is -2.42. The van der Waals surface area contributed by atoms with Crippen LogP contribution in [-0.2, 0) is 18.4 Å². The van der Waals surface area contributed by atoms with Gasteiger partial charge in [-0.15, -0.1) is 0 Å². The number of hydrazine groups is 1. The highest BCUT2D eigenvalue weighted by molar-refractivity contribution is 5.85. The Hall–Kier alpha value is -2.90. The van der Waals surface area contributed by atoms with Crippen molar-refractivity contribution < 1.29 is 9.53 Å². The molecule has 3 aromatic rings. The molecule has 1 aliphatic heterocycles. The minimum absolute atomic E-state index is 0.0376. The summed E-state index contributed by atoms with van der Waals surface area (Å²) in [6.45, 7) is 2.46. The first-order valence-corrected chi connectivity index (χ1v) is 9.40. The number of ether oxygens (including phenoxy) is 1. The molecule has 3 N–H and O–H groups in total. The molecule has 2 aromatic carbocycles. The smallest absolute Gasteiger partial charge is 0.238 e. The number of fused-ring (bicyclic) bond motifs is 1. The lowest BCUT2D eigenvalue weighted by atomic mass is 10.0. The van der Waals surface area contributed by atoms with E-state index in [4.69, 9.17) is 4.74 Å². The number of nitrogens with one attached hydrogen (secondary N) is 3. The van der Waals surface area contributed by atoms with Gasteiger partial charge in [0.05, 0.1) is 24.9 Å². The minimum Gasteiger partial charge on any atom is -0.497 e. The lowest BCUT2D eigenvalue weighted by Gasteiger charge is -2.11. The van der Waals surface area contributed by atoms with Gasteiger partial charge in [0, 0.05) is 18.5 Å². The van der Waals surface area contributed by atoms with Crippen LogP contribution in [0.4, 0.5) is 0 Å².